The number of aromatic nitrogens is 1. The van der Waals surface area contributed by atoms with Gasteiger partial charge in [0.15, 0.2) is 0 Å². The Morgan fingerprint density at radius 1 is 1.06 bits per heavy atom. The summed E-state index contributed by atoms with van der Waals surface area (Å²) in [6.45, 7) is 0. The van der Waals surface area contributed by atoms with Gasteiger partial charge in [-0.2, -0.15) is 0 Å². The monoisotopic (exact) mass is 349 g/mol. The number of aromatic carboxylic acids is 1. The molecule has 4 heteroatoms. The van der Waals surface area contributed by atoms with Gasteiger partial charge in [0.25, 0.3) is 0 Å². The van der Waals surface area contributed by atoms with E-state index in [1.807, 2.05) is 36.4 Å². The van der Waals surface area contributed by atoms with Gasteiger partial charge in [-0.15, -0.1) is 0 Å². The molecule has 0 unspecified atom stereocenters. The van der Waals surface area contributed by atoms with Crippen LogP contribution in [0.1, 0.15) is 10.4 Å². The number of halogens is 1. The Bertz CT molecular complexity index is 783. The van der Waals surface area contributed by atoms with Crippen LogP contribution in [-0.4, -0.2) is 16.1 Å². The SMILES string of the molecule is O=C(O)c1c2ccccc2nc2ccc(I)cc12. The molecule has 88 valence electrons. The minimum absolute atomic E-state index is 0.328. The van der Waals surface area contributed by atoms with Crippen LogP contribution >= 0.6 is 22.6 Å². The van der Waals surface area contributed by atoms with E-state index < -0.39 is 5.97 Å². The van der Waals surface area contributed by atoms with E-state index in [-0.39, 0.29) is 0 Å². The van der Waals surface area contributed by atoms with Crippen molar-refractivity contribution in [3.05, 3.63) is 51.6 Å². The first-order valence-corrected chi connectivity index (χ1v) is 6.46. The number of carbonyl (C=O) groups is 1. The fourth-order valence-electron chi connectivity index (χ4n) is 2.09. The van der Waals surface area contributed by atoms with Crippen LogP contribution in [0.25, 0.3) is 21.8 Å². The lowest BCUT2D eigenvalue weighted by atomic mass is 10.0. The van der Waals surface area contributed by atoms with Gasteiger partial charge in [0.2, 0.25) is 0 Å². The highest BCUT2D eigenvalue weighted by Crippen LogP contribution is 2.27. The molecular weight excluding hydrogens is 341 g/mol. The summed E-state index contributed by atoms with van der Waals surface area (Å²) in [5.41, 5.74) is 1.75. The largest absolute Gasteiger partial charge is 0.478 e. The van der Waals surface area contributed by atoms with Gasteiger partial charge in [0, 0.05) is 14.3 Å². The first-order chi connectivity index (χ1) is 8.66. The molecule has 0 aliphatic rings. The normalized spacial score (nSPS) is 10.9. The van der Waals surface area contributed by atoms with Crippen LogP contribution in [0.3, 0.4) is 0 Å². The highest BCUT2D eigenvalue weighted by Gasteiger charge is 2.14. The minimum atomic E-state index is -0.916. The molecule has 0 amide bonds. The van der Waals surface area contributed by atoms with Crippen molar-refractivity contribution in [3.8, 4) is 0 Å². The molecule has 2 aromatic carbocycles. The van der Waals surface area contributed by atoms with E-state index in [1.165, 1.54) is 0 Å². The third kappa shape index (κ3) is 1.73. The topological polar surface area (TPSA) is 50.2 Å². The molecule has 3 aromatic rings. The van der Waals surface area contributed by atoms with E-state index in [4.69, 9.17) is 0 Å². The number of benzene rings is 2. The molecule has 18 heavy (non-hydrogen) atoms. The molecule has 0 spiro atoms. The van der Waals surface area contributed by atoms with Crippen LogP contribution in [0.4, 0.5) is 0 Å². The number of carboxylic acid groups (broad SMARTS) is 1. The zero-order valence-electron chi connectivity index (χ0n) is 9.22. The number of rotatable bonds is 1. The summed E-state index contributed by atoms with van der Waals surface area (Å²) in [5.74, 6) is -0.916. The van der Waals surface area contributed by atoms with E-state index in [0.717, 1.165) is 3.57 Å². The Hall–Kier alpha value is -1.69. The molecule has 0 atom stereocenters. The van der Waals surface area contributed by atoms with Crippen LogP contribution in [0.2, 0.25) is 0 Å². The van der Waals surface area contributed by atoms with Crippen LogP contribution in [0.15, 0.2) is 42.5 Å². The highest BCUT2D eigenvalue weighted by atomic mass is 127. The standard InChI is InChI=1S/C14H8INO2/c15-8-5-6-12-10(7-8)13(14(17)18)9-3-1-2-4-11(9)16-12/h1-7H,(H,17,18). The summed E-state index contributed by atoms with van der Waals surface area (Å²) < 4.78 is 1.000. The molecule has 0 saturated carbocycles. The van der Waals surface area contributed by atoms with Gasteiger partial charge in [0.1, 0.15) is 0 Å². The number of hydrogen-bond acceptors (Lipinski definition) is 2. The average molecular weight is 349 g/mol. The third-order valence-electron chi connectivity index (χ3n) is 2.86. The van der Waals surface area contributed by atoms with Gasteiger partial charge in [-0.3, -0.25) is 0 Å². The van der Waals surface area contributed by atoms with Gasteiger partial charge in [0.05, 0.1) is 16.6 Å². The smallest absolute Gasteiger partial charge is 0.337 e. The van der Waals surface area contributed by atoms with Crippen molar-refractivity contribution in [2.75, 3.05) is 0 Å². The summed E-state index contributed by atoms with van der Waals surface area (Å²) in [5, 5.41) is 10.8. The van der Waals surface area contributed by atoms with Crippen LogP contribution < -0.4 is 0 Å². The van der Waals surface area contributed by atoms with Crippen molar-refractivity contribution in [3.63, 3.8) is 0 Å². The van der Waals surface area contributed by atoms with Crippen molar-refractivity contribution >= 4 is 50.4 Å². The number of nitrogens with zero attached hydrogens (tertiary/aromatic N) is 1. The molecule has 3 nitrogen and oxygen atoms in total. The summed E-state index contributed by atoms with van der Waals surface area (Å²) >= 11 is 2.17. The minimum Gasteiger partial charge on any atom is -0.478 e. The van der Waals surface area contributed by atoms with E-state index >= 15 is 0 Å². The maximum Gasteiger partial charge on any atom is 0.337 e. The molecule has 3 rings (SSSR count). The second-order valence-corrected chi connectivity index (χ2v) is 5.22. The fourth-order valence-corrected chi connectivity index (χ4v) is 2.58. The molecule has 0 saturated heterocycles. The maximum atomic E-state index is 11.5. The second kappa shape index (κ2) is 4.20. The zero-order chi connectivity index (χ0) is 12.7. The number of pyridine rings is 1. The summed E-state index contributed by atoms with van der Waals surface area (Å²) in [7, 11) is 0. The summed E-state index contributed by atoms with van der Waals surface area (Å²) in [6.07, 6.45) is 0. The van der Waals surface area contributed by atoms with Crippen LogP contribution in [0, 0.1) is 3.57 Å². The fraction of sp³-hybridized carbons (Fsp3) is 0. The molecule has 0 aliphatic heterocycles. The Morgan fingerprint density at radius 2 is 1.78 bits per heavy atom. The predicted molar refractivity (Wildman–Crippen MR) is 78.9 cm³/mol. The van der Waals surface area contributed by atoms with E-state index in [1.54, 1.807) is 6.07 Å². The van der Waals surface area contributed by atoms with Crippen molar-refractivity contribution in [1.82, 2.24) is 4.98 Å². The van der Waals surface area contributed by atoms with E-state index in [9.17, 15) is 9.90 Å². The van der Waals surface area contributed by atoms with E-state index in [0.29, 0.717) is 27.4 Å². The lowest BCUT2D eigenvalue weighted by Crippen LogP contribution is -2.01. The lowest BCUT2D eigenvalue weighted by Gasteiger charge is -2.07. The van der Waals surface area contributed by atoms with Crippen LogP contribution in [0.5, 0.6) is 0 Å². The first kappa shape index (κ1) is 11.4. The number of carboxylic acids is 1. The van der Waals surface area contributed by atoms with Crippen molar-refractivity contribution < 1.29 is 9.90 Å². The molecule has 0 fully saturated rings. The van der Waals surface area contributed by atoms with Gasteiger partial charge in [-0.1, -0.05) is 18.2 Å². The van der Waals surface area contributed by atoms with Crippen molar-refractivity contribution in [2.24, 2.45) is 0 Å². The highest BCUT2D eigenvalue weighted by molar-refractivity contribution is 14.1. The molecule has 1 heterocycles. The first-order valence-electron chi connectivity index (χ1n) is 5.38. The van der Waals surface area contributed by atoms with Crippen molar-refractivity contribution in [2.45, 2.75) is 0 Å². The Kier molecular flexibility index (Phi) is 2.66. The summed E-state index contributed by atoms with van der Waals surface area (Å²) in [6, 6.07) is 13.0. The maximum absolute atomic E-state index is 11.5. The lowest BCUT2D eigenvalue weighted by molar-refractivity contribution is 0.0701. The van der Waals surface area contributed by atoms with Gasteiger partial charge in [-0.25, -0.2) is 9.78 Å². The van der Waals surface area contributed by atoms with Gasteiger partial charge in [-0.05, 0) is 46.9 Å². The predicted octanol–water partition coefficient (Wildman–Crippen LogP) is 3.69. The number of fused-ring (bicyclic) bond motifs is 2. The third-order valence-corrected chi connectivity index (χ3v) is 3.53. The molecule has 0 radical (unpaired) electrons. The average Bonchev–Trinajstić information content (AvgIpc) is 2.35. The van der Waals surface area contributed by atoms with Gasteiger partial charge >= 0.3 is 5.97 Å². The quantitative estimate of drug-likeness (QED) is 0.539. The molecular formula is C14H8INO2. The molecule has 0 aliphatic carbocycles. The molecule has 0 bridgehead atoms. The second-order valence-electron chi connectivity index (χ2n) is 3.97. The van der Waals surface area contributed by atoms with Crippen LogP contribution in [-0.2, 0) is 0 Å². The molecule has 1 aromatic heterocycles. The Morgan fingerprint density at radius 3 is 2.56 bits per heavy atom. The molecule has 1 N–H and O–H groups in total. The number of para-hydroxylation sites is 1. The van der Waals surface area contributed by atoms with E-state index in [2.05, 4.69) is 27.6 Å². The summed E-state index contributed by atoms with van der Waals surface area (Å²) in [4.78, 5) is 16.0. The van der Waals surface area contributed by atoms with Gasteiger partial charge < -0.3 is 5.11 Å². The van der Waals surface area contributed by atoms with Crippen molar-refractivity contribution in [1.29, 1.82) is 0 Å². The Balaban J connectivity index is 2.59. The number of hydrogen-bond donors (Lipinski definition) is 1. The Labute approximate surface area is 117 Å². The zero-order valence-corrected chi connectivity index (χ0v) is 11.4.